The van der Waals surface area contributed by atoms with Gasteiger partial charge >= 0.3 is 0 Å². The second-order valence-electron chi connectivity index (χ2n) is 4.87. The van der Waals surface area contributed by atoms with Gasteiger partial charge in [-0.2, -0.15) is 0 Å². The Morgan fingerprint density at radius 2 is 2.16 bits per heavy atom. The summed E-state index contributed by atoms with van der Waals surface area (Å²) in [7, 11) is 0. The van der Waals surface area contributed by atoms with E-state index in [1.807, 2.05) is 0 Å². The van der Waals surface area contributed by atoms with Crippen molar-refractivity contribution in [1.29, 1.82) is 0 Å². The third-order valence-electron chi connectivity index (χ3n) is 2.55. The second-order valence-corrected chi connectivity index (χ2v) is 5.28. The largest absolute Gasteiger partial charge is 0.356 e. The molecule has 0 unspecified atom stereocenters. The highest BCUT2D eigenvalue weighted by atomic mass is 35.5. The van der Waals surface area contributed by atoms with Crippen LogP contribution in [0, 0.1) is 11.7 Å². The van der Waals surface area contributed by atoms with Gasteiger partial charge in [0.05, 0.1) is 5.02 Å². The summed E-state index contributed by atoms with van der Waals surface area (Å²) in [6.45, 7) is 5.95. The number of carbonyl (C=O) groups excluding carboxylic acids is 1. The number of nitrogens with one attached hydrogen (secondary N) is 2. The normalized spacial score (nSPS) is 10.8. The Kier molecular flexibility index (Phi) is 6.81. The highest BCUT2D eigenvalue weighted by Gasteiger charge is 2.03. The fraction of sp³-hybridized carbons (Fsp3) is 0.500. The number of hydrogen-bond donors (Lipinski definition) is 2. The highest BCUT2D eigenvalue weighted by molar-refractivity contribution is 6.30. The van der Waals surface area contributed by atoms with Gasteiger partial charge in [-0.25, -0.2) is 4.39 Å². The van der Waals surface area contributed by atoms with E-state index < -0.39 is 5.82 Å². The molecule has 0 saturated heterocycles. The fourth-order valence-electron chi connectivity index (χ4n) is 1.49. The molecule has 3 nitrogen and oxygen atoms in total. The lowest BCUT2D eigenvalue weighted by molar-refractivity contribution is -0.121. The molecule has 0 spiro atoms. The van der Waals surface area contributed by atoms with E-state index in [-0.39, 0.29) is 10.9 Å². The molecule has 1 aromatic carbocycles. The number of rotatable bonds is 7. The molecule has 1 aromatic rings. The van der Waals surface area contributed by atoms with E-state index in [0.29, 0.717) is 32.0 Å². The van der Waals surface area contributed by atoms with Gasteiger partial charge in [0, 0.05) is 26.1 Å². The Balaban J connectivity index is 2.20. The molecule has 1 amide bonds. The predicted octanol–water partition coefficient (Wildman–Crippen LogP) is 2.73. The van der Waals surface area contributed by atoms with Crippen LogP contribution in [0.15, 0.2) is 18.2 Å². The van der Waals surface area contributed by atoms with Crippen LogP contribution in [0.25, 0.3) is 0 Å². The van der Waals surface area contributed by atoms with Crippen molar-refractivity contribution >= 4 is 17.5 Å². The summed E-state index contributed by atoms with van der Waals surface area (Å²) < 4.78 is 12.9. The van der Waals surface area contributed by atoms with Crippen molar-refractivity contribution in [1.82, 2.24) is 10.6 Å². The summed E-state index contributed by atoms with van der Waals surface area (Å²) in [4.78, 5) is 11.4. The number of benzene rings is 1. The van der Waals surface area contributed by atoms with Crippen molar-refractivity contribution in [2.45, 2.75) is 26.8 Å². The second kappa shape index (κ2) is 8.12. The van der Waals surface area contributed by atoms with Crippen LogP contribution >= 0.6 is 11.6 Å². The molecule has 1 rings (SSSR count). The van der Waals surface area contributed by atoms with Crippen molar-refractivity contribution in [3.8, 4) is 0 Å². The van der Waals surface area contributed by atoms with Crippen LogP contribution in [0.2, 0.25) is 5.02 Å². The Bertz CT molecular complexity index is 424. The predicted molar refractivity (Wildman–Crippen MR) is 75.6 cm³/mol. The summed E-state index contributed by atoms with van der Waals surface area (Å²) in [5.74, 6) is 0.0788. The minimum Gasteiger partial charge on any atom is -0.356 e. The molecule has 0 aliphatic heterocycles. The summed E-state index contributed by atoms with van der Waals surface area (Å²) in [6, 6.07) is 4.60. The van der Waals surface area contributed by atoms with Gasteiger partial charge < -0.3 is 10.6 Å². The van der Waals surface area contributed by atoms with Crippen molar-refractivity contribution in [2.75, 3.05) is 13.1 Å². The first-order valence-electron chi connectivity index (χ1n) is 6.40. The molecule has 0 heterocycles. The zero-order chi connectivity index (χ0) is 14.3. The number of carbonyl (C=O) groups is 1. The molecule has 0 bridgehead atoms. The summed E-state index contributed by atoms with van der Waals surface area (Å²) >= 11 is 5.68. The van der Waals surface area contributed by atoms with E-state index in [4.69, 9.17) is 11.6 Å². The minimum atomic E-state index is -0.418. The first-order valence-corrected chi connectivity index (χ1v) is 6.78. The third-order valence-corrected chi connectivity index (χ3v) is 2.84. The molecule has 0 aliphatic rings. The Morgan fingerprint density at radius 1 is 1.42 bits per heavy atom. The van der Waals surface area contributed by atoms with Gasteiger partial charge in [-0.1, -0.05) is 31.5 Å². The molecule has 0 aromatic heterocycles. The van der Waals surface area contributed by atoms with E-state index in [0.717, 1.165) is 5.56 Å². The van der Waals surface area contributed by atoms with Crippen LogP contribution in [0.1, 0.15) is 25.8 Å². The average Bonchev–Trinajstić information content (AvgIpc) is 2.36. The fourth-order valence-corrected chi connectivity index (χ4v) is 1.69. The molecule has 0 aliphatic carbocycles. The van der Waals surface area contributed by atoms with Crippen molar-refractivity contribution < 1.29 is 9.18 Å². The van der Waals surface area contributed by atoms with Gasteiger partial charge in [0.25, 0.3) is 0 Å². The Morgan fingerprint density at radius 3 is 2.79 bits per heavy atom. The summed E-state index contributed by atoms with van der Waals surface area (Å²) in [6.07, 6.45) is 0.432. The molecule has 0 saturated carbocycles. The summed E-state index contributed by atoms with van der Waals surface area (Å²) in [5.41, 5.74) is 0.897. The minimum absolute atomic E-state index is 0.0401. The van der Waals surface area contributed by atoms with Crippen molar-refractivity contribution in [3.05, 3.63) is 34.6 Å². The Hall–Kier alpha value is -1.13. The molecular formula is C14H20ClFN2O. The van der Waals surface area contributed by atoms with Crippen LogP contribution in [0.5, 0.6) is 0 Å². The topological polar surface area (TPSA) is 41.1 Å². The lowest BCUT2D eigenvalue weighted by atomic mass is 10.2. The van der Waals surface area contributed by atoms with Gasteiger partial charge in [-0.3, -0.25) is 4.79 Å². The third kappa shape index (κ3) is 6.55. The SMILES string of the molecule is CC(C)CNC(=O)CCNCc1ccc(F)c(Cl)c1. The zero-order valence-electron chi connectivity index (χ0n) is 11.3. The van der Waals surface area contributed by atoms with Gasteiger partial charge in [0.15, 0.2) is 0 Å². The molecule has 0 atom stereocenters. The standard InChI is InChI=1S/C14H20ClFN2O/c1-10(2)8-18-14(19)5-6-17-9-11-3-4-13(16)12(15)7-11/h3-4,7,10,17H,5-6,8-9H2,1-2H3,(H,18,19). The number of amides is 1. The lowest BCUT2D eigenvalue weighted by Gasteiger charge is -2.08. The lowest BCUT2D eigenvalue weighted by Crippen LogP contribution is -2.30. The zero-order valence-corrected chi connectivity index (χ0v) is 12.1. The van der Waals surface area contributed by atoms with Crippen LogP contribution in [0.4, 0.5) is 4.39 Å². The molecule has 2 N–H and O–H groups in total. The highest BCUT2D eigenvalue weighted by Crippen LogP contribution is 2.15. The molecule has 0 fully saturated rings. The quantitative estimate of drug-likeness (QED) is 0.757. The first-order chi connectivity index (χ1) is 8.99. The monoisotopic (exact) mass is 286 g/mol. The molecule has 0 radical (unpaired) electrons. The smallest absolute Gasteiger partial charge is 0.221 e. The van der Waals surface area contributed by atoms with Crippen LogP contribution in [-0.2, 0) is 11.3 Å². The number of halogens is 2. The molecule has 19 heavy (non-hydrogen) atoms. The van der Waals surface area contributed by atoms with Gasteiger partial charge in [-0.15, -0.1) is 0 Å². The molecule has 5 heteroatoms. The Labute approximate surface area is 118 Å². The van der Waals surface area contributed by atoms with Gasteiger partial charge in [-0.05, 0) is 23.6 Å². The van der Waals surface area contributed by atoms with E-state index in [9.17, 15) is 9.18 Å². The maximum absolute atomic E-state index is 12.9. The maximum atomic E-state index is 12.9. The van der Waals surface area contributed by atoms with E-state index in [1.165, 1.54) is 6.07 Å². The van der Waals surface area contributed by atoms with E-state index in [1.54, 1.807) is 12.1 Å². The van der Waals surface area contributed by atoms with Gasteiger partial charge in [0.1, 0.15) is 5.82 Å². The van der Waals surface area contributed by atoms with Crippen molar-refractivity contribution in [2.24, 2.45) is 5.92 Å². The summed E-state index contributed by atoms with van der Waals surface area (Å²) in [5, 5.41) is 6.09. The van der Waals surface area contributed by atoms with Gasteiger partial charge in [0.2, 0.25) is 5.91 Å². The number of hydrogen-bond acceptors (Lipinski definition) is 2. The van der Waals surface area contributed by atoms with E-state index >= 15 is 0 Å². The van der Waals surface area contributed by atoms with E-state index in [2.05, 4.69) is 24.5 Å². The van der Waals surface area contributed by atoms with Crippen molar-refractivity contribution in [3.63, 3.8) is 0 Å². The van der Waals surface area contributed by atoms with Crippen LogP contribution in [0.3, 0.4) is 0 Å². The molecular weight excluding hydrogens is 267 g/mol. The molecule has 106 valence electrons. The van der Waals surface area contributed by atoms with Crippen LogP contribution in [-0.4, -0.2) is 19.0 Å². The average molecular weight is 287 g/mol. The first kappa shape index (κ1) is 15.9. The maximum Gasteiger partial charge on any atom is 0.221 e. The van der Waals surface area contributed by atoms with Crippen LogP contribution < -0.4 is 10.6 Å².